The third kappa shape index (κ3) is 3.89. The number of nitro benzene ring substituents is 1. The van der Waals surface area contributed by atoms with Crippen LogP contribution in [0.3, 0.4) is 0 Å². The molecule has 2 aromatic carbocycles. The average molecular weight is 377 g/mol. The fourth-order valence-electron chi connectivity index (χ4n) is 2.78. The summed E-state index contributed by atoms with van der Waals surface area (Å²) in [7, 11) is 0. The first-order valence-electron chi connectivity index (χ1n) is 7.50. The van der Waals surface area contributed by atoms with Crippen molar-refractivity contribution < 1.29 is 9.66 Å². The van der Waals surface area contributed by atoms with Gasteiger partial charge in [-0.3, -0.25) is 10.1 Å². The SMILES string of the molecule is O=[N+]([O-])c1ccc(NC2CCOC(c3ccccc3)C2)c(Br)c1. The minimum atomic E-state index is -0.394. The predicted molar refractivity (Wildman–Crippen MR) is 92.6 cm³/mol. The van der Waals surface area contributed by atoms with Crippen molar-refractivity contribution in [1.29, 1.82) is 0 Å². The highest BCUT2D eigenvalue weighted by molar-refractivity contribution is 9.10. The van der Waals surface area contributed by atoms with Gasteiger partial charge in [-0.05, 0) is 40.4 Å². The van der Waals surface area contributed by atoms with Gasteiger partial charge in [0, 0.05) is 34.9 Å². The molecule has 2 unspecified atom stereocenters. The molecule has 2 aromatic rings. The molecular weight excluding hydrogens is 360 g/mol. The molecule has 5 nitrogen and oxygen atoms in total. The van der Waals surface area contributed by atoms with Crippen molar-refractivity contribution in [3.05, 3.63) is 68.7 Å². The summed E-state index contributed by atoms with van der Waals surface area (Å²) in [4.78, 5) is 10.4. The van der Waals surface area contributed by atoms with E-state index >= 15 is 0 Å². The van der Waals surface area contributed by atoms with Gasteiger partial charge < -0.3 is 10.1 Å². The zero-order chi connectivity index (χ0) is 16.2. The molecule has 2 atom stereocenters. The van der Waals surface area contributed by atoms with Gasteiger partial charge in [0.2, 0.25) is 0 Å². The number of halogens is 1. The van der Waals surface area contributed by atoms with Crippen molar-refractivity contribution in [2.75, 3.05) is 11.9 Å². The number of nitrogens with one attached hydrogen (secondary N) is 1. The summed E-state index contributed by atoms with van der Waals surface area (Å²) in [5.41, 5.74) is 2.13. The molecule has 0 aliphatic carbocycles. The van der Waals surface area contributed by atoms with Crippen molar-refractivity contribution >= 4 is 27.3 Å². The molecule has 3 rings (SSSR count). The summed E-state index contributed by atoms with van der Waals surface area (Å²) in [6, 6.07) is 15.2. The zero-order valence-electron chi connectivity index (χ0n) is 12.4. The molecule has 23 heavy (non-hydrogen) atoms. The van der Waals surface area contributed by atoms with E-state index in [1.165, 1.54) is 17.7 Å². The van der Waals surface area contributed by atoms with E-state index in [0.29, 0.717) is 11.1 Å². The summed E-state index contributed by atoms with van der Waals surface area (Å²) < 4.78 is 6.57. The molecule has 0 radical (unpaired) electrons. The van der Waals surface area contributed by atoms with Gasteiger partial charge in [-0.1, -0.05) is 30.3 Å². The number of nitrogens with zero attached hydrogens (tertiary/aromatic N) is 1. The van der Waals surface area contributed by atoms with E-state index in [0.717, 1.165) is 18.5 Å². The molecule has 1 saturated heterocycles. The standard InChI is InChI=1S/C17H17BrN2O3/c18-15-11-14(20(21)22)6-7-16(15)19-13-8-9-23-17(10-13)12-4-2-1-3-5-12/h1-7,11,13,17,19H,8-10H2. The number of non-ortho nitro benzene ring substituents is 1. The maximum Gasteiger partial charge on any atom is 0.270 e. The van der Waals surface area contributed by atoms with Gasteiger partial charge in [0.05, 0.1) is 11.0 Å². The first-order valence-corrected chi connectivity index (χ1v) is 8.30. The quantitative estimate of drug-likeness (QED) is 0.620. The highest BCUT2D eigenvalue weighted by atomic mass is 79.9. The number of ether oxygens (including phenoxy) is 1. The van der Waals surface area contributed by atoms with Crippen molar-refractivity contribution in [1.82, 2.24) is 0 Å². The largest absolute Gasteiger partial charge is 0.381 e. The van der Waals surface area contributed by atoms with Gasteiger partial charge in [-0.2, -0.15) is 0 Å². The van der Waals surface area contributed by atoms with Crippen LogP contribution in [0.2, 0.25) is 0 Å². The van der Waals surface area contributed by atoms with Crippen molar-refractivity contribution in [3.63, 3.8) is 0 Å². The van der Waals surface area contributed by atoms with Crippen LogP contribution in [-0.4, -0.2) is 17.6 Å². The molecule has 1 heterocycles. The summed E-state index contributed by atoms with van der Waals surface area (Å²) in [5.74, 6) is 0. The number of hydrogen-bond donors (Lipinski definition) is 1. The van der Waals surface area contributed by atoms with E-state index in [4.69, 9.17) is 4.74 Å². The predicted octanol–water partition coefficient (Wildman–Crippen LogP) is 4.69. The van der Waals surface area contributed by atoms with Crippen LogP contribution in [-0.2, 0) is 4.74 Å². The summed E-state index contributed by atoms with van der Waals surface area (Å²) in [6.45, 7) is 0.696. The van der Waals surface area contributed by atoms with E-state index in [-0.39, 0.29) is 17.8 Å². The second kappa shape index (κ2) is 7.10. The van der Waals surface area contributed by atoms with Crippen LogP contribution in [0.1, 0.15) is 24.5 Å². The van der Waals surface area contributed by atoms with Crippen molar-refractivity contribution in [3.8, 4) is 0 Å². The van der Waals surface area contributed by atoms with E-state index in [1.54, 1.807) is 6.07 Å². The van der Waals surface area contributed by atoms with E-state index in [9.17, 15) is 10.1 Å². The molecule has 120 valence electrons. The Labute approximate surface area is 142 Å². The molecule has 0 spiro atoms. The molecule has 1 aliphatic rings. The van der Waals surface area contributed by atoms with Crippen LogP contribution in [0.25, 0.3) is 0 Å². The van der Waals surface area contributed by atoms with Gasteiger partial charge >= 0.3 is 0 Å². The minimum absolute atomic E-state index is 0.0802. The fourth-order valence-corrected chi connectivity index (χ4v) is 3.26. The Hall–Kier alpha value is -1.92. The van der Waals surface area contributed by atoms with Crippen LogP contribution in [0.15, 0.2) is 53.0 Å². The molecular formula is C17H17BrN2O3. The van der Waals surface area contributed by atoms with Crippen molar-refractivity contribution in [2.24, 2.45) is 0 Å². The Morgan fingerprint density at radius 2 is 2.00 bits per heavy atom. The average Bonchev–Trinajstić information content (AvgIpc) is 2.57. The highest BCUT2D eigenvalue weighted by Crippen LogP contribution is 2.32. The van der Waals surface area contributed by atoms with Crippen LogP contribution >= 0.6 is 15.9 Å². The normalized spacial score (nSPS) is 20.9. The van der Waals surface area contributed by atoms with Gasteiger partial charge in [0.25, 0.3) is 5.69 Å². The number of hydrogen-bond acceptors (Lipinski definition) is 4. The van der Waals surface area contributed by atoms with Gasteiger partial charge in [-0.25, -0.2) is 0 Å². The van der Waals surface area contributed by atoms with Crippen LogP contribution in [0, 0.1) is 10.1 Å². The molecule has 6 heteroatoms. The van der Waals surface area contributed by atoms with Gasteiger partial charge in [-0.15, -0.1) is 0 Å². The van der Waals surface area contributed by atoms with Gasteiger partial charge in [0.15, 0.2) is 0 Å². The Kier molecular flexibility index (Phi) is 4.93. The summed E-state index contributed by atoms with van der Waals surface area (Å²) >= 11 is 3.40. The van der Waals surface area contributed by atoms with Crippen LogP contribution < -0.4 is 5.32 Å². The number of nitro groups is 1. The molecule has 0 aromatic heterocycles. The lowest BCUT2D eigenvalue weighted by Crippen LogP contribution is -2.30. The lowest BCUT2D eigenvalue weighted by Gasteiger charge is -2.31. The van der Waals surface area contributed by atoms with E-state index in [1.807, 2.05) is 18.2 Å². The molecule has 0 saturated carbocycles. The summed E-state index contributed by atoms with van der Waals surface area (Å²) in [6.07, 6.45) is 1.86. The Morgan fingerprint density at radius 3 is 2.70 bits per heavy atom. The maximum atomic E-state index is 10.8. The topological polar surface area (TPSA) is 64.4 Å². The maximum absolute atomic E-state index is 10.8. The third-order valence-corrected chi connectivity index (χ3v) is 4.63. The number of anilines is 1. The lowest BCUT2D eigenvalue weighted by atomic mass is 9.97. The number of rotatable bonds is 4. The third-order valence-electron chi connectivity index (χ3n) is 3.98. The van der Waals surface area contributed by atoms with Crippen LogP contribution in [0.5, 0.6) is 0 Å². The first-order chi connectivity index (χ1) is 11.1. The molecule has 0 bridgehead atoms. The Bertz CT molecular complexity index is 693. The van der Waals surface area contributed by atoms with Gasteiger partial charge in [0.1, 0.15) is 0 Å². The Morgan fingerprint density at radius 1 is 1.22 bits per heavy atom. The second-order valence-corrected chi connectivity index (χ2v) is 6.41. The van der Waals surface area contributed by atoms with E-state index < -0.39 is 4.92 Å². The monoisotopic (exact) mass is 376 g/mol. The fraction of sp³-hybridized carbons (Fsp3) is 0.294. The molecule has 0 amide bonds. The lowest BCUT2D eigenvalue weighted by molar-refractivity contribution is -0.384. The summed E-state index contributed by atoms with van der Waals surface area (Å²) in [5, 5.41) is 14.3. The zero-order valence-corrected chi connectivity index (χ0v) is 14.0. The molecule has 1 N–H and O–H groups in total. The molecule has 1 fully saturated rings. The van der Waals surface area contributed by atoms with Crippen LogP contribution in [0.4, 0.5) is 11.4 Å². The highest BCUT2D eigenvalue weighted by Gasteiger charge is 2.24. The smallest absolute Gasteiger partial charge is 0.270 e. The minimum Gasteiger partial charge on any atom is -0.381 e. The number of benzene rings is 2. The Balaban J connectivity index is 1.69. The second-order valence-electron chi connectivity index (χ2n) is 5.56. The van der Waals surface area contributed by atoms with Crippen molar-refractivity contribution in [2.45, 2.75) is 25.0 Å². The molecule has 1 aliphatic heterocycles. The van der Waals surface area contributed by atoms with E-state index in [2.05, 4.69) is 33.4 Å². The first kappa shape index (κ1) is 16.0.